The molecule has 2 aromatic carbocycles. The summed E-state index contributed by atoms with van der Waals surface area (Å²) in [5, 5.41) is 0.814. The van der Waals surface area contributed by atoms with Crippen molar-refractivity contribution in [3.8, 4) is 0 Å². The van der Waals surface area contributed by atoms with E-state index in [4.69, 9.17) is 5.84 Å². The van der Waals surface area contributed by atoms with E-state index in [1.54, 1.807) is 20.8 Å². The van der Waals surface area contributed by atoms with Crippen LogP contribution in [0.2, 0.25) is 0 Å². The van der Waals surface area contributed by atoms with Crippen molar-refractivity contribution >= 4 is 30.7 Å². The minimum absolute atomic E-state index is 0. The van der Waals surface area contributed by atoms with Crippen molar-refractivity contribution in [2.45, 2.75) is 33.2 Å². The van der Waals surface area contributed by atoms with Gasteiger partial charge in [0.2, 0.25) is 0 Å². The molecule has 0 aliphatic heterocycles. The molecule has 0 aliphatic rings. The van der Waals surface area contributed by atoms with Crippen LogP contribution in [0, 0.1) is 18.6 Å². The molecule has 0 fully saturated rings. The van der Waals surface area contributed by atoms with Crippen molar-refractivity contribution in [1.29, 1.82) is 0 Å². The zero-order valence-electron chi connectivity index (χ0n) is 17.1. The van der Waals surface area contributed by atoms with Crippen LogP contribution in [0.1, 0.15) is 38.1 Å². The average molecular weight is 435 g/mol. The molecule has 0 aromatic heterocycles. The van der Waals surface area contributed by atoms with Gasteiger partial charge in [-0.1, -0.05) is 42.0 Å². The van der Waals surface area contributed by atoms with E-state index in [1.165, 1.54) is 11.6 Å². The normalized spacial score (nSPS) is 9.00. The first kappa shape index (κ1) is 33.8. The molecule has 0 aliphatic carbocycles. The Labute approximate surface area is 195 Å². The standard InChI is InChI=1S/C11H14F2N2O.C7H8.2ClH.Na.H2O.H/c1-11(2,3)15(14)10(16)9-7(12)5-4-6-8(9)13;1-7-5-3-2-4-6-7;;;;;/h4-6H,14H2,1-3H3;2-6H,1H3;2*1H;;1H2;/q;;;;+1;;-1. The largest absolute Gasteiger partial charge is 1.00 e. The first-order valence-electron chi connectivity index (χ1n) is 7.19. The summed E-state index contributed by atoms with van der Waals surface area (Å²) >= 11 is 0. The predicted octanol–water partition coefficient (Wildman–Crippen LogP) is 1.21. The second-order valence-corrected chi connectivity index (χ2v) is 6.10. The van der Waals surface area contributed by atoms with E-state index >= 15 is 0 Å². The van der Waals surface area contributed by atoms with E-state index in [1.807, 2.05) is 18.2 Å². The van der Waals surface area contributed by atoms with Crippen LogP contribution in [-0.4, -0.2) is 21.9 Å². The van der Waals surface area contributed by atoms with E-state index in [-0.39, 0.29) is 61.3 Å². The van der Waals surface area contributed by atoms with Crippen molar-refractivity contribution in [3.05, 3.63) is 71.3 Å². The van der Waals surface area contributed by atoms with E-state index in [0.717, 1.165) is 17.1 Å². The van der Waals surface area contributed by atoms with Gasteiger partial charge >= 0.3 is 29.6 Å². The summed E-state index contributed by atoms with van der Waals surface area (Å²) in [6, 6.07) is 13.5. The second kappa shape index (κ2) is 15.2. The monoisotopic (exact) mass is 434 g/mol. The first-order chi connectivity index (χ1) is 10.6. The molecular formula is C18H27Cl2F2N2NaO2. The fraction of sp³-hybridized carbons (Fsp3) is 0.278. The van der Waals surface area contributed by atoms with Crippen LogP contribution in [-0.2, 0) is 0 Å². The van der Waals surface area contributed by atoms with Gasteiger partial charge in [0.25, 0.3) is 5.91 Å². The first-order valence-corrected chi connectivity index (χ1v) is 7.19. The van der Waals surface area contributed by atoms with Crippen molar-refractivity contribution < 1.29 is 50.0 Å². The summed E-state index contributed by atoms with van der Waals surface area (Å²) in [5.74, 6) is 2.82. The van der Waals surface area contributed by atoms with Gasteiger partial charge in [0.1, 0.15) is 17.2 Å². The maximum absolute atomic E-state index is 13.3. The van der Waals surface area contributed by atoms with Gasteiger partial charge in [-0.15, -0.1) is 24.8 Å². The summed E-state index contributed by atoms with van der Waals surface area (Å²) in [6.45, 7) is 7.09. The minimum Gasteiger partial charge on any atom is -1.00 e. The Balaban J connectivity index is -0.000000128. The van der Waals surface area contributed by atoms with Gasteiger partial charge in [0.15, 0.2) is 0 Å². The van der Waals surface area contributed by atoms with Crippen LogP contribution in [0.4, 0.5) is 8.78 Å². The summed E-state index contributed by atoms with van der Waals surface area (Å²) in [6.07, 6.45) is 0. The maximum Gasteiger partial charge on any atom is 1.00 e. The van der Waals surface area contributed by atoms with Gasteiger partial charge in [-0.05, 0) is 39.8 Å². The number of hydrogen-bond donors (Lipinski definition) is 1. The molecule has 0 saturated heterocycles. The number of carbonyl (C=O) groups is 1. The number of halogens is 4. The molecule has 0 atom stereocenters. The zero-order valence-corrected chi connectivity index (χ0v) is 19.8. The summed E-state index contributed by atoms with van der Waals surface area (Å²) in [7, 11) is 0. The van der Waals surface area contributed by atoms with Gasteiger partial charge in [-0.3, -0.25) is 9.80 Å². The van der Waals surface area contributed by atoms with E-state index < -0.39 is 28.6 Å². The van der Waals surface area contributed by atoms with Crippen molar-refractivity contribution in [3.63, 3.8) is 0 Å². The average Bonchev–Trinajstić information content (AvgIpc) is 2.46. The van der Waals surface area contributed by atoms with Gasteiger partial charge in [0.05, 0.1) is 5.54 Å². The molecule has 0 bridgehead atoms. The number of hydrazine groups is 1. The van der Waals surface area contributed by atoms with Crippen LogP contribution in [0.5, 0.6) is 0 Å². The molecule has 0 saturated carbocycles. The van der Waals surface area contributed by atoms with Crippen molar-refractivity contribution in [1.82, 2.24) is 5.01 Å². The third kappa shape index (κ3) is 11.0. The molecule has 0 unspecified atom stereocenters. The van der Waals surface area contributed by atoms with Gasteiger partial charge in [0, 0.05) is 0 Å². The molecule has 0 heterocycles. The van der Waals surface area contributed by atoms with Crippen molar-refractivity contribution in [2.75, 3.05) is 0 Å². The molecule has 27 heavy (non-hydrogen) atoms. The molecule has 9 heteroatoms. The number of hydrogen-bond acceptors (Lipinski definition) is 2. The van der Waals surface area contributed by atoms with Gasteiger partial charge in [-0.25, -0.2) is 14.6 Å². The second-order valence-electron chi connectivity index (χ2n) is 6.10. The van der Waals surface area contributed by atoms with E-state index in [9.17, 15) is 13.6 Å². The Hall–Kier alpha value is -0.730. The van der Waals surface area contributed by atoms with Crippen LogP contribution in [0.25, 0.3) is 0 Å². The number of aryl methyl sites for hydroxylation is 1. The quantitative estimate of drug-likeness (QED) is 0.317. The molecule has 0 radical (unpaired) electrons. The Morgan fingerprint density at radius 2 is 1.37 bits per heavy atom. The Morgan fingerprint density at radius 3 is 1.67 bits per heavy atom. The number of nitrogens with two attached hydrogens (primary N) is 1. The molecule has 2 aromatic rings. The predicted molar refractivity (Wildman–Crippen MR) is 107 cm³/mol. The van der Waals surface area contributed by atoms with Crippen LogP contribution in [0.15, 0.2) is 48.5 Å². The molecule has 2 rings (SSSR count). The Morgan fingerprint density at radius 1 is 0.963 bits per heavy atom. The summed E-state index contributed by atoms with van der Waals surface area (Å²) in [5.41, 5.74) is -0.00588. The fourth-order valence-corrected chi connectivity index (χ4v) is 1.66. The Bertz CT molecular complexity index is 658. The molecule has 1 amide bonds. The number of benzene rings is 2. The number of rotatable bonds is 1. The van der Waals surface area contributed by atoms with E-state index in [0.29, 0.717) is 0 Å². The smallest absolute Gasteiger partial charge is 1.00 e. The van der Waals surface area contributed by atoms with Crippen LogP contribution < -0.4 is 35.4 Å². The molecule has 150 valence electrons. The third-order valence-corrected chi connectivity index (χ3v) is 3.06. The minimum atomic E-state index is -0.912. The molecular weight excluding hydrogens is 408 g/mol. The third-order valence-electron chi connectivity index (χ3n) is 3.06. The van der Waals surface area contributed by atoms with Gasteiger partial charge in [-0.2, -0.15) is 0 Å². The molecule has 4 nitrogen and oxygen atoms in total. The van der Waals surface area contributed by atoms with E-state index in [2.05, 4.69) is 19.1 Å². The Kier molecular flexibility index (Phi) is 19.1. The summed E-state index contributed by atoms with van der Waals surface area (Å²) in [4.78, 5) is 11.8. The summed E-state index contributed by atoms with van der Waals surface area (Å²) < 4.78 is 26.6. The number of carbonyl (C=O) groups excluding carboxylic acids is 1. The topological polar surface area (TPSA) is 77.8 Å². The number of amides is 1. The molecule has 4 N–H and O–H groups in total. The maximum atomic E-state index is 13.3. The number of nitrogens with zero attached hydrogens (tertiary/aromatic N) is 1. The zero-order chi connectivity index (χ0) is 17.6. The SMILES string of the molecule is CC(C)(C)N(N)C(=O)c1c(F)cccc1F.Cc1ccccc1.Cl.Cl.O.[H-].[Na+]. The van der Waals surface area contributed by atoms with Crippen molar-refractivity contribution in [2.24, 2.45) is 5.84 Å². The van der Waals surface area contributed by atoms with Crippen LogP contribution >= 0.6 is 24.8 Å². The van der Waals surface area contributed by atoms with Crippen LogP contribution in [0.3, 0.4) is 0 Å². The fourth-order valence-electron chi connectivity index (χ4n) is 1.66. The van der Waals surface area contributed by atoms with Gasteiger partial charge < -0.3 is 6.90 Å². The molecule has 0 spiro atoms.